The summed E-state index contributed by atoms with van der Waals surface area (Å²) in [7, 11) is -4.36. The van der Waals surface area contributed by atoms with Crippen molar-refractivity contribution in [2.45, 2.75) is 50.3 Å². The molecule has 34 heavy (non-hydrogen) atoms. The van der Waals surface area contributed by atoms with Gasteiger partial charge < -0.3 is 14.4 Å². The Bertz CT molecular complexity index is 1380. The Hall–Kier alpha value is -3.17. The fourth-order valence-corrected chi connectivity index (χ4v) is 6.07. The number of aromatic hydroxyl groups is 1. The van der Waals surface area contributed by atoms with Gasteiger partial charge in [-0.1, -0.05) is 12.8 Å². The average molecular weight is 501 g/mol. The van der Waals surface area contributed by atoms with Crippen LogP contribution in [0.3, 0.4) is 0 Å². The van der Waals surface area contributed by atoms with Crippen molar-refractivity contribution in [2.24, 2.45) is 0 Å². The van der Waals surface area contributed by atoms with Gasteiger partial charge in [-0.3, -0.25) is 4.79 Å². The van der Waals surface area contributed by atoms with Gasteiger partial charge in [0, 0.05) is 27.5 Å². The third kappa shape index (κ3) is 4.58. The van der Waals surface area contributed by atoms with Crippen LogP contribution in [0.15, 0.2) is 46.7 Å². The molecule has 0 amide bonds. The van der Waals surface area contributed by atoms with Crippen molar-refractivity contribution in [3.63, 3.8) is 0 Å². The summed E-state index contributed by atoms with van der Waals surface area (Å²) in [5.74, 6) is -1.98. The van der Waals surface area contributed by atoms with Crippen molar-refractivity contribution in [3.8, 4) is 11.5 Å². The van der Waals surface area contributed by atoms with Crippen molar-refractivity contribution in [3.05, 3.63) is 74.5 Å². The van der Waals surface area contributed by atoms with E-state index in [2.05, 4.69) is 0 Å². The van der Waals surface area contributed by atoms with Crippen LogP contribution >= 0.6 is 11.3 Å². The molecule has 0 aliphatic heterocycles. The first-order chi connectivity index (χ1) is 16.1. The summed E-state index contributed by atoms with van der Waals surface area (Å²) in [6.45, 7) is 3.87. The predicted molar refractivity (Wildman–Crippen MR) is 128 cm³/mol. The van der Waals surface area contributed by atoms with Crippen LogP contribution in [-0.2, 0) is 10.1 Å². The van der Waals surface area contributed by atoms with Crippen LogP contribution < -0.4 is 4.18 Å². The van der Waals surface area contributed by atoms with E-state index >= 15 is 0 Å². The molecule has 0 saturated heterocycles. The molecular formula is C25H24O7S2. The summed E-state index contributed by atoms with van der Waals surface area (Å²) < 4.78 is 31.3. The highest BCUT2D eigenvalue weighted by atomic mass is 32.2. The molecule has 2 N–H and O–H groups in total. The molecule has 178 valence electrons. The van der Waals surface area contributed by atoms with Crippen molar-refractivity contribution < 1.29 is 32.4 Å². The number of benzene rings is 2. The van der Waals surface area contributed by atoms with E-state index in [-0.39, 0.29) is 22.3 Å². The molecule has 0 unspecified atom stereocenters. The topological polar surface area (TPSA) is 118 Å². The molecule has 4 rings (SSSR count). The van der Waals surface area contributed by atoms with Crippen LogP contribution in [0.5, 0.6) is 11.5 Å². The number of thiophene rings is 1. The highest BCUT2D eigenvalue weighted by molar-refractivity contribution is 7.87. The summed E-state index contributed by atoms with van der Waals surface area (Å²) in [6, 6.07) is 7.72. The minimum absolute atomic E-state index is 0.0612. The van der Waals surface area contributed by atoms with E-state index < -0.39 is 27.4 Å². The standard InChI is InChI=1S/C25H24O7S2/c1-14-15(2)33-13-21(14)24(27)17-7-10-23(20(11-17)16-5-3-4-6-16)32-34(30,31)18-8-9-19(25(28)29)22(26)12-18/h7-13,16,26H,3-6H2,1-2H3,(H,28,29). The van der Waals surface area contributed by atoms with E-state index in [4.69, 9.17) is 9.29 Å². The molecule has 1 aromatic heterocycles. The summed E-state index contributed by atoms with van der Waals surface area (Å²) >= 11 is 1.51. The minimum Gasteiger partial charge on any atom is -0.507 e. The third-order valence-corrected chi connectivity index (χ3v) is 8.53. The van der Waals surface area contributed by atoms with Crippen LogP contribution in [0.4, 0.5) is 0 Å². The Kier molecular flexibility index (Phi) is 6.51. The van der Waals surface area contributed by atoms with E-state index in [1.807, 2.05) is 19.2 Å². The molecular weight excluding hydrogens is 476 g/mol. The molecule has 0 radical (unpaired) electrons. The molecule has 0 bridgehead atoms. The molecule has 1 fully saturated rings. The molecule has 0 atom stereocenters. The Labute approximate surface area is 201 Å². The van der Waals surface area contributed by atoms with E-state index in [1.165, 1.54) is 17.4 Å². The predicted octanol–water partition coefficient (Wildman–Crippen LogP) is 5.43. The summed E-state index contributed by atoms with van der Waals surface area (Å²) in [5.41, 5.74) is 2.28. The number of carbonyl (C=O) groups excluding carboxylic acids is 1. The van der Waals surface area contributed by atoms with Crippen molar-refractivity contribution >= 4 is 33.2 Å². The highest BCUT2D eigenvalue weighted by Crippen LogP contribution is 2.40. The number of carboxylic acid groups (broad SMARTS) is 1. The zero-order valence-corrected chi connectivity index (χ0v) is 20.3. The lowest BCUT2D eigenvalue weighted by molar-refractivity contribution is 0.0693. The quantitative estimate of drug-likeness (QED) is 0.328. The van der Waals surface area contributed by atoms with Crippen molar-refractivity contribution in [1.82, 2.24) is 0 Å². The van der Waals surface area contributed by atoms with Crippen molar-refractivity contribution in [1.29, 1.82) is 0 Å². The fraction of sp³-hybridized carbons (Fsp3) is 0.280. The molecule has 1 aliphatic carbocycles. The summed E-state index contributed by atoms with van der Waals surface area (Å²) in [5, 5.41) is 20.8. The molecule has 1 aliphatic rings. The normalized spacial score (nSPS) is 14.3. The van der Waals surface area contributed by atoms with Crippen LogP contribution in [0.2, 0.25) is 0 Å². The van der Waals surface area contributed by atoms with Gasteiger partial charge in [0.15, 0.2) is 5.78 Å². The Morgan fingerprint density at radius 1 is 1.03 bits per heavy atom. The second kappa shape index (κ2) is 9.23. The van der Waals surface area contributed by atoms with Gasteiger partial charge in [-0.25, -0.2) is 4.79 Å². The molecule has 1 saturated carbocycles. The number of hydrogen-bond acceptors (Lipinski definition) is 7. The second-order valence-electron chi connectivity index (χ2n) is 8.42. The largest absolute Gasteiger partial charge is 0.507 e. The van der Waals surface area contributed by atoms with Gasteiger partial charge in [0.05, 0.1) is 0 Å². The summed E-state index contributed by atoms with van der Waals surface area (Å²) in [6.07, 6.45) is 3.72. The van der Waals surface area contributed by atoms with Gasteiger partial charge in [0.25, 0.3) is 0 Å². The monoisotopic (exact) mass is 500 g/mol. The molecule has 9 heteroatoms. The first kappa shape index (κ1) is 24.0. The lowest BCUT2D eigenvalue weighted by atomic mass is 9.92. The van der Waals surface area contributed by atoms with Crippen LogP contribution in [0.25, 0.3) is 0 Å². The first-order valence-electron chi connectivity index (χ1n) is 10.8. The van der Waals surface area contributed by atoms with E-state index in [0.29, 0.717) is 16.7 Å². The summed E-state index contributed by atoms with van der Waals surface area (Å²) in [4.78, 5) is 25.0. The minimum atomic E-state index is -4.36. The van der Waals surface area contributed by atoms with E-state index in [1.54, 1.807) is 12.1 Å². The van der Waals surface area contributed by atoms with Crippen LogP contribution in [0, 0.1) is 13.8 Å². The van der Waals surface area contributed by atoms with Crippen molar-refractivity contribution in [2.75, 3.05) is 0 Å². The molecule has 7 nitrogen and oxygen atoms in total. The maximum absolute atomic E-state index is 13.2. The van der Waals surface area contributed by atoms with Gasteiger partial charge in [-0.05, 0) is 74.1 Å². The lowest BCUT2D eigenvalue weighted by Crippen LogP contribution is -2.13. The lowest BCUT2D eigenvalue weighted by Gasteiger charge is -2.17. The van der Waals surface area contributed by atoms with Gasteiger partial charge in [-0.2, -0.15) is 8.42 Å². The van der Waals surface area contributed by atoms with Gasteiger partial charge in [0.1, 0.15) is 22.0 Å². The highest BCUT2D eigenvalue weighted by Gasteiger charge is 2.27. The Morgan fingerprint density at radius 3 is 2.32 bits per heavy atom. The smallest absolute Gasteiger partial charge is 0.339 e. The molecule has 1 heterocycles. The second-order valence-corrected chi connectivity index (χ2v) is 11.0. The number of carbonyl (C=O) groups is 2. The Morgan fingerprint density at radius 2 is 1.74 bits per heavy atom. The SMILES string of the molecule is Cc1scc(C(=O)c2ccc(OS(=O)(=O)c3ccc(C(=O)O)c(O)c3)c(C3CCCC3)c2)c1C. The zero-order valence-electron chi connectivity index (χ0n) is 18.7. The van der Waals surface area contributed by atoms with Gasteiger partial charge in [-0.15, -0.1) is 11.3 Å². The average Bonchev–Trinajstić information content (AvgIpc) is 3.43. The van der Waals surface area contributed by atoms with E-state index in [9.17, 15) is 23.1 Å². The number of rotatable bonds is 7. The number of phenols is 1. The number of ketones is 1. The van der Waals surface area contributed by atoms with E-state index in [0.717, 1.165) is 54.3 Å². The number of carboxylic acids is 1. The van der Waals surface area contributed by atoms with Crippen LogP contribution in [-0.4, -0.2) is 30.4 Å². The van der Waals surface area contributed by atoms with Gasteiger partial charge >= 0.3 is 16.1 Å². The maximum Gasteiger partial charge on any atom is 0.339 e. The molecule has 0 spiro atoms. The van der Waals surface area contributed by atoms with Crippen LogP contribution in [0.1, 0.15) is 73.9 Å². The third-order valence-electron chi connectivity index (χ3n) is 6.29. The maximum atomic E-state index is 13.2. The van der Waals surface area contributed by atoms with Gasteiger partial charge in [0.2, 0.25) is 0 Å². The Balaban J connectivity index is 1.71. The molecule has 2 aromatic carbocycles. The fourth-order valence-electron chi connectivity index (χ4n) is 4.23. The number of hydrogen-bond donors (Lipinski definition) is 2. The zero-order chi connectivity index (χ0) is 24.6. The molecule has 3 aromatic rings. The number of aryl methyl sites for hydroxylation is 1. The number of aromatic carboxylic acids is 1. The first-order valence-corrected chi connectivity index (χ1v) is 13.1.